The second-order valence-corrected chi connectivity index (χ2v) is 5.00. The van der Waals surface area contributed by atoms with Crippen LogP contribution < -0.4 is 5.32 Å². The third kappa shape index (κ3) is 4.10. The molecule has 0 aliphatic heterocycles. The molecule has 0 aliphatic carbocycles. The molecule has 0 fully saturated rings. The Morgan fingerprint density at radius 3 is 2.48 bits per heavy atom. The summed E-state index contributed by atoms with van der Waals surface area (Å²) in [5, 5.41) is 15.3. The van der Waals surface area contributed by atoms with Crippen LogP contribution in [0.15, 0.2) is 41.1 Å². The summed E-state index contributed by atoms with van der Waals surface area (Å²) in [6, 6.07) is 8.20. The average molecular weight is 351 g/mol. The largest absolute Gasteiger partial charge is 0.471 e. The number of nitrogens with one attached hydrogen (secondary N) is 1. The summed E-state index contributed by atoms with van der Waals surface area (Å²) in [6.07, 6.45) is -3.14. The van der Waals surface area contributed by atoms with E-state index in [1.807, 2.05) is 0 Å². The van der Waals surface area contributed by atoms with Crippen LogP contribution in [-0.2, 0) is 19.3 Å². The Kier molecular flexibility index (Phi) is 4.61. The summed E-state index contributed by atoms with van der Waals surface area (Å²) >= 11 is 0. The Morgan fingerprint density at radius 2 is 1.84 bits per heavy atom. The minimum Gasteiger partial charge on any atom is -0.390 e. The second kappa shape index (κ2) is 6.85. The quantitative estimate of drug-likeness (QED) is 0.729. The second-order valence-electron chi connectivity index (χ2n) is 5.00. The Bertz CT molecular complexity index is 849. The lowest BCUT2D eigenvalue weighted by atomic mass is 10.1. The molecule has 0 aliphatic rings. The minimum atomic E-state index is -4.67. The van der Waals surface area contributed by atoms with Gasteiger partial charge in [0, 0.05) is 18.3 Å². The molecule has 3 aromatic rings. The molecular weight excluding hydrogens is 339 g/mol. The number of alkyl halides is 3. The zero-order chi connectivity index (χ0) is 17.9. The third-order valence-electron chi connectivity index (χ3n) is 3.21. The van der Waals surface area contributed by atoms with E-state index < -0.39 is 12.1 Å². The molecule has 0 bridgehead atoms. The highest BCUT2D eigenvalue weighted by Crippen LogP contribution is 2.29. The van der Waals surface area contributed by atoms with Crippen molar-refractivity contribution in [2.75, 3.05) is 5.32 Å². The van der Waals surface area contributed by atoms with Gasteiger partial charge in [-0.1, -0.05) is 29.4 Å². The molecule has 0 atom stereocenters. The van der Waals surface area contributed by atoms with Crippen LogP contribution in [0.4, 0.5) is 19.1 Å². The highest BCUT2D eigenvalue weighted by Gasteiger charge is 2.38. The summed E-state index contributed by atoms with van der Waals surface area (Å²) in [5.41, 5.74) is 1.74. The number of aliphatic hydroxyl groups is 1. The Labute approximate surface area is 139 Å². The summed E-state index contributed by atoms with van der Waals surface area (Å²) in [6.45, 7) is 0.214. The Balaban J connectivity index is 1.67. The molecule has 25 heavy (non-hydrogen) atoms. The van der Waals surface area contributed by atoms with Crippen molar-refractivity contribution >= 4 is 5.95 Å². The monoisotopic (exact) mass is 351 g/mol. The fourth-order valence-corrected chi connectivity index (χ4v) is 1.98. The van der Waals surface area contributed by atoms with Crippen LogP contribution in [0.5, 0.6) is 0 Å². The predicted octanol–water partition coefficient (Wildman–Crippen LogP) is 2.65. The molecule has 0 spiro atoms. The van der Waals surface area contributed by atoms with Crippen molar-refractivity contribution < 1.29 is 22.8 Å². The van der Waals surface area contributed by atoms with Gasteiger partial charge in [0.25, 0.3) is 0 Å². The highest BCUT2D eigenvalue weighted by molar-refractivity contribution is 5.54. The number of benzene rings is 1. The maximum atomic E-state index is 12.5. The van der Waals surface area contributed by atoms with Crippen molar-refractivity contribution in [3.8, 4) is 11.4 Å². The summed E-state index contributed by atoms with van der Waals surface area (Å²) in [7, 11) is 0. The number of aromatic nitrogens is 4. The molecule has 130 valence electrons. The Hall–Kier alpha value is -3.01. The van der Waals surface area contributed by atoms with Gasteiger partial charge in [-0.15, -0.1) is 0 Å². The molecule has 0 radical (unpaired) electrons. The molecule has 2 heterocycles. The normalized spacial score (nSPS) is 11.5. The number of halogens is 3. The van der Waals surface area contributed by atoms with Crippen molar-refractivity contribution in [3.63, 3.8) is 0 Å². The number of hydrogen-bond acceptors (Lipinski definition) is 7. The predicted molar refractivity (Wildman–Crippen MR) is 80.0 cm³/mol. The van der Waals surface area contributed by atoms with Crippen molar-refractivity contribution in [1.29, 1.82) is 0 Å². The molecule has 2 aromatic heterocycles. The minimum absolute atomic E-state index is 0.134. The lowest BCUT2D eigenvalue weighted by Crippen LogP contribution is -2.05. The van der Waals surface area contributed by atoms with E-state index in [1.54, 1.807) is 30.3 Å². The molecule has 0 saturated heterocycles. The van der Waals surface area contributed by atoms with Gasteiger partial charge in [0.05, 0.1) is 12.3 Å². The number of nitrogens with zero attached hydrogens (tertiary/aromatic N) is 4. The lowest BCUT2D eigenvalue weighted by Gasteiger charge is -2.06. The van der Waals surface area contributed by atoms with E-state index in [9.17, 15) is 13.2 Å². The number of hydrogen-bond donors (Lipinski definition) is 2. The van der Waals surface area contributed by atoms with E-state index >= 15 is 0 Å². The zero-order valence-electron chi connectivity index (χ0n) is 12.7. The van der Waals surface area contributed by atoms with Crippen molar-refractivity contribution in [2.45, 2.75) is 19.3 Å². The fourth-order valence-electron chi connectivity index (χ4n) is 1.98. The van der Waals surface area contributed by atoms with Crippen LogP contribution in [0.3, 0.4) is 0 Å². The van der Waals surface area contributed by atoms with E-state index in [-0.39, 0.29) is 12.4 Å². The standard InChI is InChI=1S/C15H12F3N5O2/c16-15(17,18)13-22-12(23-25-13)10-3-1-9(2-4-10)7-20-14-19-6-5-11(8-24)21-14/h1-6,24H,7-8H2,(H,19,20,21). The van der Waals surface area contributed by atoms with Gasteiger partial charge in [-0.25, -0.2) is 9.97 Å². The first-order chi connectivity index (χ1) is 12.0. The van der Waals surface area contributed by atoms with Crippen molar-refractivity contribution in [3.05, 3.63) is 53.7 Å². The fraction of sp³-hybridized carbons (Fsp3) is 0.200. The van der Waals surface area contributed by atoms with E-state index in [4.69, 9.17) is 5.11 Å². The van der Waals surface area contributed by atoms with Gasteiger partial charge in [0.1, 0.15) is 0 Å². The smallest absolute Gasteiger partial charge is 0.390 e. The van der Waals surface area contributed by atoms with Gasteiger partial charge >= 0.3 is 12.1 Å². The van der Waals surface area contributed by atoms with E-state index in [0.717, 1.165) is 5.56 Å². The van der Waals surface area contributed by atoms with Crippen LogP contribution in [-0.4, -0.2) is 25.2 Å². The van der Waals surface area contributed by atoms with Crippen molar-refractivity contribution in [2.24, 2.45) is 0 Å². The van der Waals surface area contributed by atoms with Crippen LogP contribution in [0.1, 0.15) is 17.1 Å². The van der Waals surface area contributed by atoms with E-state index in [2.05, 4.69) is 29.9 Å². The van der Waals surface area contributed by atoms with Crippen LogP contribution >= 0.6 is 0 Å². The van der Waals surface area contributed by atoms with Crippen LogP contribution in [0.2, 0.25) is 0 Å². The summed E-state index contributed by atoms with van der Waals surface area (Å²) in [5.74, 6) is -1.15. The van der Waals surface area contributed by atoms with Gasteiger partial charge in [0.15, 0.2) is 0 Å². The molecule has 3 rings (SSSR count). The van der Waals surface area contributed by atoms with E-state index in [0.29, 0.717) is 23.8 Å². The van der Waals surface area contributed by atoms with Crippen LogP contribution in [0, 0.1) is 0 Å². The van der Waals surface area contributed by atoms with E-state index in [1.165, 1.54) is 6.20 Å². The maximum absolute atomic E-state index is 12.5. The summed E-state index contributed by atoms with van der Waals surface area (Å²) < 4.78 is 41.6. The van der Waals surface area contributed by atoms with Gasteiger partial charge in [0.2, 0.25) is 11.8 Å². The molecule has 0 unspecified atom stereocenters. The van der Waals surface area contributed by atoms with Crippen LogP contribution in [0.25, 0.3) is 11.4 Å². The molecule has 0 saturated carbocycles. The molecule has 10 heteroatoms. The molecule has 0 amide bonds. The average Bonchev–Trinajstić information content (AvgIpc) is 3.11. The van der Waals surface area contributed by atoms with Gasteiger partial charge in [-0.2, -0.15) is 18.2 Å². The van der Waals surface area contributed by atoms with Gasteiger partial charge in [-0.05, 0) is 11.6 Å². The maximum Gasteiger partial charge on any atom is 0.471 e. The SMILES string of the molecule is OCc1ccnc(NCc2ccc(-c3noc(C(F)(F)F)n3)cc2)n1. The summed E-state index contributed by atoms with van der Waals surface area (Å²) in [4.78, 5) is 11.4. The highest BCUT2D eigenvalue weighted by atomic mass is 19.4. The zero-order valence-corrected chi connectivity index (χ0v) is 12.7. The molecule has 1 aromatic carbocycles. The van der Waals surface area contributed by atoms with Crippen molar-refractivity contribution in [1.82, 2.24) is 20.1 Å². The lowest BCUT2D eigenvalue weighted by molar-refractivity contribution is -0.159. The molecular formula is C15H12F3N5O2. The third-order valence-corrected chi connectivity index (χ3v) is 3.21. The number of rotatable bonds is 5. The molecule has 2 N–H and O–H groups in total. The number of aliphatic hydroxyl groups excluding tert-OH is 1. The first-order valence-electron chi connectivity index (χ1n) is 7.12. The number of anilines is 1. The first-order valence-corrected chi connectivity index (χ1v) is 7.12. The van der Waals surface area contributed by atoms with Gasteiger partial charge in [-0.3, -0.25) is 0 Å². The topological polar surface area (TPSA) is 97.0 Å². The Morgan fingerprint density at radius 1 is 1.08 bits per heavy atom. The van der Waals surface area contributed by atoms with Gasteiger partial charge < -0.3 is 14.9 Å². The first kappa shape index (κ1) is 16.8. The molecule has 7 nitrogen and oxygen atoms in total.